The summed E-state index contributed by atoms with van der Waals surface area (Å²) in [6, 6.07) is 7.81. The first kappa shape index (κ1) is 15.5. The van der Waals surface area contributed by atoms with Crippen LogP contribution in [0.25, 0.3) is 0 Å². The highest BCUT2D eigenvalue weighted by Gasteiger charge is 2.07. The zero-order chi connectivity index (χ0) is 14.1. The number of benzene rings is 1. The maximum Gasteiger partial charge on any atom is 0.220 e. The number of hydrogen-bond acceptors (Lipinski definition) is 3. The molecule has 1 amide bonds. The third kappa shape index (κ3) is 6.82. The molecule has 1 unspecified atom stereocenters. The highest BCUT2D eigenvalue weighted by molar-refractivity contribution is 5.76. The molecule has 4 nitrogen and oxygen atoms in total. The molecule has 0 bridgehead atoms. The molecule has 0 aliphatic carbocycles. The number of carbonyl (C=O) groups excluding carboxylic acids is 1. The van der Waals surface area contributed by atoms with Gasteiger partial charge in [-0.2, -0.15) is 0 Å². The lowest BCUT2D eigenvalue weighted by atomic mass is 10.2. The zero-order valence-electron chi connectivity index (χ0n) is 11.7. The monoisotopic (exact) mass is 265 g/mol. The number of aliphatic hydroxyl groups is 1. The van der Waals surface area contributed by atoms with Gasteiger partial charge in [0.15, 0.2) is 0 Å². The molecule has 0 fully saturated rings. The SMILES string of the molecule is Cc1ccc(OCC(C)NC(=O)CCCCO)cc1. The van der Waals surface area contributed by atoms with Crippen LogP contribution in [0.3, 0.4) is 0 Å². The van der Waals surface area contributed by atoms with E-state index in [1.54, 1.807) is 0 Å². The van der Waals surface area contributed by atoms with E-state index >= 15 is 0 Å². The molecule has 2 N–H and O–H groups in total. The summed E-state index contributed by atoms with van der Waals surface area (Å²) in [4.78, 5) is 11.5. The molecule has 4 heteroatoms. The maximum absolute atomic E-state index is 11.5. The van der Waals surface area contributed by atoms with Crippen molar-refractivity contribution in [3.8, 4) is 5.75 Å². The van der Waals surface area contributed by atoms with Crippen molar-refractivity contribution in [3.63, 3.8) is 0 Å². The summed E-state index contributed by atoms with van der Waals surface area (Å²) in [5, 5.41) is 11.5. The summed E-state index contributed by atoms with van der Waals surface area (Å²) in [7, 11) is 0. The molecule has 1 rings (SSSR count). The second-order valence-corrected chi connectivity index (χ2v) is 4.77. The van der Waals surface area contributed by atoms with Crippen LogP contribution in [0.4, 0.5) is 0 Å². The van der Waals surface area contributed by atoms with Crippen molar-refractivity contribution >= 4 is 5.91 Å². The number of hydrogen-bond donors (Lipinski definition) is 2. The Kier molecular flexibility index (Phi) is 6.97. The number of nitrogens with one attached hydrogen (secondary N) is 1. The van der Waals surface area contributed by atoms with E-state index in [1.807, 2.05) is 38.1 Å². The van der Waals surface area contributed by atoms with E-state index in [2.05, 4.69) is 5.32 Å². The Bertz CT molecular complexity index is 375. The smallest absolute Gasteiger partial charge is 0.220 e. The molecule has 1 aromatic carbocycles. The zero-order valence-corrected chi connectivity index (χ0v) is 11.7. The molecule has 1 aromatic rings. The number of unbranched alkanes of at least 4 members (excludes halogenated alkanes) is 1. The molecule has 0 aromatic heterocycles. The van der Waals surface area contributed by atoms with Crippen molar-refractivity contribution in [2.24, 2.45) is 0 Å². The fraction of sp³-hybridized carbons (Fsp3) is 0.533. The first-order valence-electron chi connectivity index (χ1n) is 6.71. The van der Waals surface area contributed by atoms with Gasteiger partial charge < -0.3 is 15.2 Å². The van der Waals surface area contributed by atoms with Gasteiger partial charge in [-0.25, -0.2) is 0 Å². The fourth-order valence-electron chi connectivity index (χ4n) is 1.64. The quantitative estimate of drug-likeness (QED) is 0.707. The van der Waals surface area contributed by atoms with Gasteiger partial charge in [0.1, 0.15) is 12.4 Å². The van der Waals surface area contributed by atoms with Crippen molar-refractivity contribution < 1.29 is 14.6 Å². The van der Waals surface area contributed by atoms with Gasteiger partial charge in [-0.05, 0) is 38.8 Å². The predicted octanol–water partition coefficient (Wildman–Crippen LogP) is 2.04. The Morgan fingerprint density at radius 3 is 2.63 bits per heavy atom. The van der Waals surface area contributed by atoms with Gasteiger partial charge in [-0.1, -0.05) is 17.7 Å². The van der Waals surface area contributed by atoms with E-state index in [0.29, 0.717) is 25.9 Å². The van der Waals surface area contributed by atoms with Crippen molar-refractivity contribution in [1.82, 2.24) is 5.32 Å². The largest absolute Gasteiger partial charge is 0.491 e. The molecular formula is C15H23NO3. The summed E-state index contributed by atoms with van der Waals surface area (Å²) in [6.45, 7) is 4.53. The molecular weight excluding hydrogens is 242 g/mol. The topological polar surface area (TPSA) is 58.6 Å². The van der Waals surface area contributed by atoms with E-state index in [1.165, 1.54) is 5.56 Å². The Morgan fingerprint density at radius 1 is 1.32 bits per heavy atom. The third-order valence-corrected chi connectivity index (χ3v) is 2.74. The van der Waals surface area contributed by atoms with Crippen LogP contribution in [-0.4, -0.2) is 30.3 Å². The summed E-state index contributed by atoms with van der Waals surface area (Å²) < 4.78 is 5.59. The minimum atomic E-state index is -0.0251. The summed E-state index contributed by atoms with van der Waals surface area (Å²) in [5.74, 6) is 0.820. The molecule has 1 atom stereocenters. The molecule has 0 aliphatic heterocycles. The molecule has 0 saturated carbocycles. The van der Waals surface area contributed by atoms with Crippen LogP contribution >= 0.6 is 0 Å². The highest BCUT2D eigenvalue weighted by atomic mass is 16.5. The Labute approximate surface area is 114 Å². The van der Waals surface area contributed by atoms with Gasteiger partial charge in [0.05, 0.1) is 6.04 Å². The van der Waals surface area contributed by atoms with E-state index < -0.39 is 0 Å². The lowest BCUT2D eigenvalue weighted by molar-refractivity contribution is -0.122. The van der Waals surface area contributed by atoms with Gasteiger partial charge in [0, 0.05) is 13.0 Å². The fourth-order valence-corrected chi connectivity index (χ4v) is 1.64. The molecule has 0 spiro atoms. The van der Waals surface area contributed by atoms with Crippen molar-refractivity contribution in [2.75, 3.05) is 13.2 Å². The number of ether oxygens (including phenoxy) is 1. The lowest BCUT2D eigenvalue weighted by Crippen LogP contribution is -2.36. The van der Waals surface area contributed by atoms with Crippen LogP contribution in [-0.2, 0) is 4.79 Å². The first-order valence-corrected chi connectivity index (χ1v) is 6.71. The molecule has 19 heavy (non-hydrogen) atoms. The second-order valence-electron chi connectivity index (χ2n) is 4.77. The minimum absolute atomic E-state index is 0.00783. The maximum atomic E-state index is 11.5. The van der Waals surface area contributed by atoms with Crippen molar-refractivity contribution in [2.45, 2.75) is 39.2 Å². The standard InChI is InChI=1S/C15H23NO3/c1-12-6-8-14(9-7-12)19-11-13(2)16-15(18)5-3-4-10-17/h6-9,13,17H,3-5,10-11H2,1-2H3,(H,16,18). The number of amides is 1. The van der Waals surface area contributed by atoms with Crippen LogP contribution < -0.4 is 10.1 Å². The number of carbonyl (C=O) groups is 1. The average Bonchev–Trinajstić information content (AvgIpc) is 2.38. The van der Waals surface area contributed by atoms with Crippen LogP contribution in [0.15, 0.2) is 24.3 Å². The van der Waals surface area contributed by atoms with Gasteiger partial charge in [0.2, 0.25) is 5.91 Å². The van der Waals surface area contributed by atoms with E-state index in [0.717, 1.165) is 5.75 Å². The van der Waals surface area contributed by atoms with Crippen molar-refractivity contribution in [3.05, 3.63) is 29.8 Å². The third-order valence-electron chi connectivity index (χ3n) is 2.74. The second kappa shape index (κ2) is 8.53. The Hall–Kier alpha value is -1.55. The Morgan fingerprint density at radius 2 is 2.00 bits per heavy atom. The Balaban J connectivity index is 2.21. The summed E-state index contributed by atoms with van der Waals surface area (Å²) in [6.07, 6.45) is 1.84. The predicted molar refractivity (Wildman–Crippen MR) is 75.2 cm³/mol. The number of aryl methyl sites for hydroxylation is 1. The lowest BCUT2D eigenvalue weighted by Gasteiger charge is -2.15. The van der Waals surface area contributed by atoms with Crippen LogP contribution in [0.2, 0.25) is 0 Å². The van der Waals surface area contributed by atoms with E-state index in [9.17, 15) is 4.79 Å². The van der Waals surface area contributed by atoms with Crippen molar-refractivity contribution in [1.29, 1.82) is 0 Å². The number of rotatable bonds is 8. The molecule has 0 heterocycles. The van der Waals surface area contributed by atoms with Crippen LogP contribution in [0, 0.1) is 6.92 Å². The number of aliphatic hydroxyl groups excluding tert-OH is 1. The highest BCUT2D eigenvalue weighted by Crippen LogP contribution is 2.11. The minimum Gasteiger partial charge on any atom is -0.491 e. The summed E-state index contributed by atoms with van der Waals surface area (Å²) >= 11 is 0. The molecule has 106 valence electrons. The molecule has 0 saturated heterocycles. The van der Waals surface area contributed by atoms with E-state index in [4.69, 9.17) is 9.84 Å². The van der Waals surface area contributed by atoms with E-state index in [-0.39, 0.29) is 18.6 Å². The normalized spacial score (nSPS) is 11.9. The average molecular weight is 265 g/mol. The molecule has 0 radical (unpaired) electrons. The van der Waals surface area contributed by atoms with Gasteiger partial charge in [0.25, 0.3) is 0 Å². The van der Waals surface area contributed by atoms with Gasteiger partial charge in [-0.3, -0.25) is 4.79 Å². The van der Waals surface area contributed by atoms with Gasteiger partial charge in [-0.15, -0.1) is 0 Å². The van der Waals surface area contributed by atoms with Crippen LogP contribution in [0.1, 0.15) is 31.7 Å². The molecule has 0 aliphatic rings. The van der Waals surface area contributed by atoms with Gasteiger partial charge >= 0.3 is 0 Å². The van der Waals surface area contributed by atoms with Crippen LogP contribution in [0.5, 0.6) is 5.75 Å². The first-order chi connectivity index (χ1) is 9.11. The summed E-state index contributed by atoms with van der Waals surface area (Å²) in [5.41, 5.74) is 1.19.